The molecule has 2 heterocycles. The molecule has 0 radical (unpaired) electrons. The van der Waals surface area contributed by atoms with E-state index in [-0.39, 0.29) is 0 Å². The van der Waals surface area contributed by atoms with Gasteiger partial charge in [-0.1, -0.05) is 0 Å². The summed E-state index contributed by atoms with van der Waals surface area (Å²) in [4.78, 5) is 2.45. The van der Waals surface area contributed by atoms with Crippen LogP contribution in [0.15, 0.2) is 0 Å². The first-order valence-corrected chi connectivity index (χ1v) is 4.40. The Hall–Kier alpha value is 0.650. The molecule has 2 unspecified atom stereocenters. The van der Waals surface area contributed by atoms with E-state index in [1.54, 1.807) is 0 Å². The number of hydrogen-bond acceptors (Lipinski definition) is 2. The molecule has 9 heavy (non-hydrogen) atoms. The van der Waals surface area contributed by atoms with Crippen molar-refractivity contribution in [3.8, 4) is 0 Å². The van der Waals surface area contributed by atoms with Gasteiger partial charge in [-0.2, -0.15) is 0 Å². The summed E-state index contributed by atoms with van der Waals surface area (Å²) in [5.41, 5.74) is 0. The number of nitrogens with zero attached hydrogens (tertiary/aromatic N) is 2. The van der Waals surface area contributed by atoms with Gasteiger partial charge in [0.2, 0.25) is 0 Å². The van der Waals surface area contributed by atoms with Crippen LogP contribution >= 0.6 is 22.9 Å². The third-order valence-corrected chi connectivity index (χ3v) is 3.83. The zero-order valence-electron chi connectivity index (χ0n) is 5.55. The maximum Gasteiger partial charge on any atom is 0.0716 e. The van der Waals surface area contributed by atoms with Crippen molar-refractivity contribution >= 4 is 22.9 Å². The standard InChI is InChI=1S/C6H11IN2/c1-8-4-5-2-3-6(8)9(5)7/h5-6H,2-4H2,1H3. The fourth-order valence-corrected chi connectivity index (χ4v) is 3.02. The second kappa shape index (κ2) is 2.07. The Kier molecular flexibility index (Phi) is 1.46. The Bertz CT molecular complexity index is 128. The number of likely N-dealkylation sites (N-methyl/N-ethyl adjacent to an activating group) is 1. The van der Waals surface area contributed by atoms with Gasteiger partial charge in [-0.3, -0.25) is 4.90 Å². The van der Waals surface area contributed by atoms with E-state index in [1.165, 1.54) is 19.4 Å². The number of piperidine rings is 1. The molecule has 52 valence electrons. The minimum Gasteiger partial charge on any atom is -0.289 e. The first-order chi connectivity index (χ1) is 4.29. The molecule has 0 aromatic carbocycles. The van der Waals surface area contributed by atoms with E-state index in [2.05, 4.69) is 37.9 Å². The van der Waals surface area contributed by atoms with Crippen LogP contribution in [0.2, 0.25) is 0 Å². The highest BCUT2D eigenvalue weighted by molar-refractivity contribution is 14.1. The van der Waals surface area contributed by atoms with Crippen LogP contribution in [0.25, 0.3) is 0 Å². The van der Waals surface area contributed by atoms with Crippen molar-refractivity contribution in [1.82, 2.24) is 8.01 Å². The van der Waals surface area contributed by atoms with E-state index in [0.29, 0.717) is 0 Å². The van der Waals surface area contributed by atoms with Gasteiger partial charge in [0.25, 0.3) is 0 Å². The highest BCUT2D eigenvalue weighted by Crippen LogP contribution is 2.35. The van der Waals surface area contributed by atoms with Gasteiger partial charge in [-0.25, -0.2) is 3.11 Å². The van der Waals surface area contributed by atoms with Gasteiger partial charge >= 0.3 is 0 Å². The summed E-state index contributed by atoms with van der Waals surface area (Å²) in [7, 11) is 2.22. The molecule has 2 rings (SSSR count). The number of hydrogen-bond donors (Lipinski definition) is 0. The van der Waals surface area contributed by atoms with E-state index >= 15 is 0 Å². The molecule has 2 aliphatic rings. The largest absolute Gasteiger partial charge is 0.289 e. The average molecular weight is 238 g/mol. The lowest BCUT2D eigenvalue weighted by Crippen LogP contribution is -2.29. The number of likely N-dealkylation sites (tertiary alicyclic amines) is 1. The van der Waals surface area contributed by atoms with Gasteiger partial charge < -0.3 is 0 Å². The van der Waals surface area contributed by atoms with Crippen LogP contribution in [0.4, 0.5) is 0 Å². The molecule has 2 nitrogen and oxygen atoms in total. The molecular formula is C6H11IN2. The van der Waals surface area contributed by atoms with Gasteiger partial charge in [-0.05, 0) is 19.9 Å². The van der Waals surface area contributed by atoms with Crippen molar-refractivity contribution in [2.24, 2.45) is 0 Å². The fourth-order valence-electron chi connectivity index (χ4n) is 1.86. The molecule has 0 aromatic heterocycles. The molecule has 2 saturated heterocycles. The summed E-state index contributed by atoms with van der Waals surface area (Å²) >= 11 is 2.45. The van der Waals surface area contributed by atoms with Gasteiger partial charge in [0.1, 0.15) is 0 Å². The molecule has 2 aliphatic heterocycles. The lowest BCUT2D eigenvalue weighted by Gasteiger charge is -2.19. The Balaban J connectivity index is 2.16. The van der Waals surface area contributed by atoms with Crippen LogP contribution < -0.4 is 0 Å². The molecule has 2 fully saturated rings. The molecule has 0 amide bonds. The SMILES string of the molecule is CN1CC2CCC1N2I. The predicted molar refractivity (Wildman–Crippen MR) is 45.3 cm³/mol. The average Bonchev–Trinajstić information content (AvgIpc) is 2.25. The Labute approximate surface area is 69.7 Å². The van der Waals surface area contributed by atoms with Crippen molar-refractivity contribution in [2.75, 3.05) is 13.6 Å². The molecule has 2 atom stereocenters. The lowest BCUT2D eigenvalue weighted by atomic mass is 10.1. The van der Waals surface area contributed by atoms with E-state index in [1.807, 2.05) is 0 Å². The summed E-state index contributed by atoms with van der Waals surface area (Å²) in [6.45, 7) is 1.29. The Morgan fingerprint density at radius 2 is 2.22 bits per heavy atom. The third-order valence-electron chi connectivity index (χ3n) is 2.40. The quantitative estimate of drug-likeness (QED) is 0.460. The minimum absolute atomic E-state index is 0.760. The van der Waals surface area contributed by atoms with Crippen LogP contribution in [0.5, 0.6) is 0 Å². The van der Waals surface area contributed by atoms with Crippen molar-refractivity contribution in [1.29, 1.82) is 0 Å². The van der Waals surface area contributed by atoms with E-state index in [9.17, 15) is 0 Å². The molecular weight excluding hydrogens is 227 g/mol. The molecule has 0 saturated carbocycles. The number of rotatable bonds is 0. The van der Waals surface area contributed by atoms with Crippen LogP contribution in [0.1, 0.15) is 12.8 Å². The summed E-state index contributed by atoms with van der Waals surface area (Å²) < 4.78 is 2.47. The van der Waals surface area contributed by atoms with Crippen LogP contribution in [-0.2, 0) is 0 Å². The monoisotopic (exact) mass is 238 g/mol. The second-order valence-corrected chi connectivity index (χ2v) is 4.11. The molecule has 0 aliphatic carbocycles. The number of halogens is 1. The summed E-state index contributed by atoms with van der Waals surface area (Å²) in [5.74, 6) is 0. The molecule has 0 spiro atoms. The normalized spacial score (nSPS) is 44.7. The molecule has 2 bridgehead atoms. The zero-order valence-corrected chi connectivity index (χ0v) is 7.71. The Morgan fingerprint density at radius 1 is 1.44 bits per heavy atom. The lowest BCUT2D eigenvalue weighted by molar-refractivity contribution is 0.249. The molecule has 3 heteroatoms. The summed E-state index contributed by atoms with van der Waals surface area (Å²) in [5, 5.41) is 0. The topological polar surface area (TPSA) is 6.48 Å². The maximum atomic E-state index is 2.47. The predicted octanol–water partition coefficient (Wildman–Crippen LogP) is 1.07. The molecule has 0 aromatic rings. The second-order valence-electron chi connectivity index (χ2n) is 3.00. The van der Waals surface area contributed by atoms with Crippen molar-refractivity contribution < 1.29 is 0 Å². The van der Waals surface area contributed by atoms with Crippen LogP contribution in [0, 0.1) is 0 Å². The number of fused-ring (bicyclic) bond motifs is 2. The van der Waals surface area contributed by atoms with Crippen molar-refractivity contribution in [3.05, 3.63) is 0 Å². The van der Waals surface area contributed by atoms with E-state index < -0.39 is 0 Å². The van der Waals surface area contributed by atoms with Gasteiger partial charge in [0.05, 0.1) is 6.17 Å². The van der Waals surface area contributed by atoms with Crippen LogP contribution in [-0.4, -0.2) is 33.8 Å². The first-order valence-electron chi connectivity index (χ1n) is 3.43. The molecule has 0 N–H and O–H groups in total. The smallest absolute Gasteiger partial charge is 0.0716 e. The zero-order chi connectivity index (χ0) is 6.43. The van der Waals surface area contributed by atoms with E-state index in [4.69, 9.17) is 0 Å². The van der Waals surface area contributed by atoms with Gasteiger partial charge in [0.15, 0.2) is 0 Å². The maximum absolute atomic E-state index is 2.47. The van der Waals surface area contributed by atoms with Crippen molar-refractivity contribution in [2.45, 2.75) is 25.0 Å². The van der Waals surface area contributed by atoms with Crippen LogP contribution in [0.3, 0.4) is 0 Å². The van der Waals surface area contributed by atoms with Crippen molar-refractivity contribution in [3.63, 3.8) is 0 Å². The minimum atomic E-state index is 0.760. The first kappa shape index (κ1) is 6.37. The van der Waals surface area contributed by atoms with Gasteiger partial charge in [-0.15, -0.1) is 0 Å². The fraction of sp³-hybridized carbons (Fsp3) is 1.00. The van der Waals surface area contributed by atoms with Gasteiger partial charge in [0, 0.05) is 35.5 Å². The van der Waals surface area contributed by atoms with E-state index in [0.717, 1.165) is 12.2 Å². The summed E-state index contributed by atoms with van der Waals surface area (Å²) in [6, 6.07) is 0.862. The summed E-state index contributed by atoms with van der Waals surface area (Å²) in [6.07, 6.45) is 3.55. The highest BCUT2D eigenvalue weighted by Gasteiger charge is 2.41. The third kappa shape index (κ3) is 0.816. The Morgan fingerprint density at radius 3 is 2.44 bits per heavy atom. The highest BCUT2D eigenvalue weighted by atomic mass is 127.